The maximum absolute atomic E-state index is 11.5. The number of ether oxygens (including phenoxy) is 1. The average molecular weight is 451 g/mol. The van der Waals surface area contributed by atoms with Crippen LogP contribution in [0, 0.1) is 5.41 Å². The number of hydrogen-bond acceptors (Lipinski definition) is 8. The average Bonchev–Trinajstić information content (AvgIpc) is 3.40. The number of anilines is 3. The maximum Gasteiger partial charge on any atom is 0.317 e. The van der Waals surface area contributed by atoms with Gasteiger partial charge < -0.3 is 15.0 Å². The molecular weight excluding hydrogens is 424 g/mol. The molecule has 0 saturated heterocycles. The van der Waals surface area contributed by atoms with Crippen LogP contribution >= 0.6 is 11.3 Å². The summed E-state index contributed by atoms with van der Waals surface area (Å²) in [6.07, 6.45) is 12.9. The molecule has 2 aliphatic carbocycles. The Balaban J connectivity index is 1.22. The zero-order valence-electron chi connectivity index (χ0n) is 18.2. The van der Waals surface area contributed by atoms with Crippen molar-refractivity contribution in [2.45, 2.75) is 51.6 Å². The number of pyridine rings is 1. The second-order valence-corrected chi connectivity index (χ2v) is 9.71. The first-order chi connectivity index (χ1) is 15.5. The van der Waals surface area contributed by atoms with Crippen molar-refractivity contribution in [3.8, 4) is 16.6 Å². The normalized spacial score (nSPS) is 17.2. The third-order valence-corrected chi connectivity index (χ3v) is 7.39. The molecule has 3 aromatic heterocycles. The predicted octanol–water partition coefficient (Wildman–Crippen LogP) is 4.82. The van der Waals surface area contributed by atoms with E-state index in [2.05, 4.69) is 25.3 Å². The van der Waals surface area contributed by atoms with Crippen LogP contribution in [0.4, 0.5) is 16.6 Å². The van der Waals surface area contributed by atoms with Crippen molar-refractivity contribution in [3.05, 3.63) is 36.8 Å². The Labute approximate surface area is 191 Å². The highest BCUT2D eigenvalue weighted by Gasteiger charge is 2.45. The first kappa shape index (κ1) is 20.8. The van der Waals surface area contributed by atoms with Gasteiger partial charge in [-0.1, -0.05) is 11.3 Å². The second kappa shape index (κ2) is 8.46. The van der Waals surface area contributed by atoms with Crippen LogP contribution in [0.25, 0.3) is 10.6 Å². The van der Waals surface area contributed by atoms with Crippen molar-refractivity contribution in [1.29, 1.82) is 0 Å². The number of carbonyl (C=O) groups excluding carboxylic acids is 1. The van der Waals surface area contributed by atoms with Crippen LogP contribution in [-0.2, 0) is 4.79 Å². The summed E-state index contributed by atoms with van der Waals surface area (Å²) >= 11 is 1.49. The smallest absolute Gasteiger partial charge is 0.317 e. The van der Waals surface area contributed by atoms with E-state index in [9.17, 15) is 4.79 Å². The van der Waals surface area contributed by atoms with Gasteiger partial charge >= 0.3 is 6.01 Å². The van der Waals surface area contributed by atoms with Crippen molar-refractivity contribution in [2.75, 3.05) is 17.3 Å². The Morgan fingerprint density at radius 1 is 1.12 bits per heavy atom. The van der Waals surface area contributed by atoms with Gasteiger partial charge in [0.15, 0.2) is 5.13 Å². The molecule has 0 aliphatic heterocycles. The monoisotopic (exact) mass is 450 g/mol. The van der Waals surface area contributed by atoms with Gasteiger partial charge in [-0.25, -0.2) is 15.0 Å². The molecule has 0 unspecified atom stereocenters. The summed E-state index contributed by atoms with van der Waals surface area (Å²) in [6.45, 7) is 1.52. The van der Waals surface area contributed by atoms with Crippen LogP contribution in [0.2, 0.25) is 0 Å². The quantitative estimate of drug-likeness (QED) is 0.575. The van der Waals surface area contributed by atoms with Crippen molar-refractivity contribution in [3.63, 3.8) is 0 Å². The molecule has 1 spiro atoms. The summed E-state index contributed by atoms with van der Waals surface area (Å²) in [7, 11) is 1.72. The number of aromatic nitrogens is 4. The fourth-order valence-corrected chi connectivity index (χ4v) is 4.88. The van der Waals surface area contributed by atoms with Crippen molar-refractivity contribution >= 4 is 33.9 Å². The lowest BCUT2D eigenvalue weighted by Crippen LogP contribution is -2.25. The fraction of sp³-hybridized carbons (Fsp3) is 0.435. The molecule has 1 amide bonds. The summed E-state index contributed by atoms with van der Waals surface area (Å²) in [4.78, 5) is 31.7. The topological polar surface area (TPSA) is 93.1 Å². The molecule has 5 rings (SSSR count). The molecule has 2 saturated carbocycles. The lowest BCUT2D eigenvalue weighted by molar-refractivity contribution is -0.116. The molecule has 1 N–H and O–H groups in total. The number of thiazole rings is 1. The molecule has 9 heteroatoms. The molecule has 2 aliphatic rings. The lowest BCUT2D eigenvalue weighted by Gasteiger charge is -2.28. The molecule has 32 heavy (non-hydrogen) atoms. The van der Waals surface area contributed by atoms with Crippen LogP contribution < -0.4 is 15.0 Å². The van der Waals surface area contributed by atoms with E-state index in [-0.39, 0.29) is 12.0 Å². The highest BCUT2D eigenvalue weighted by Crippen LogP contribution is 2.56. The van der Waals surface area contributed by atoms with E-state index < -0.39 is 0 Å². The maximum atomic E-state index is 11.5. The number of nitrogens with one attached hydrogen (secondary N) is 1. The highest BCUT2D eigenvalue weighted by molar-refractivity contribution is 7.18. The van der Waals surface area contributed by atoms with Gasteiger partial charge in [0.05, 0.1) is 22.5 Å². The molecule has 2 fully saturated rings. The summed E-state index contributed by atoms with van der Waals surface area (Å²) in [5.41, 5.74) is 2.18. The van der Waals surface area contributed by atoms with Gasteiger partial charge in [0.1, 0.15) is 11.9 Å². The molecule has 166 valence electrons. The Hall–Kier alpha value is -3.07. The molecule has 0 radical (unpaired) electrons. The Bertz CT molecular complexity index is 1100. The third-order valence-electron chi connectivity index (χ3n) is 6.46. The van der Waals surface area contributed by atoms with E-state index >= 15 is 0 Å². The van der Waals surface area contributed by atoms with Gasteiger partial charge in [0.25, 0.3) is 0 Å². The third kappa shape index (κ3) is 4.57. The summed E-state index contributed by atoms with van der Waals surface area (Å²) in [6, 6.07) is 5.97. The minimum Gasteiger partial charge on any atom is -0.460 e. The zero-order chi connectivity index (χ0) is 22.1. The number of nitrogens with zero attached hydrogens (tertiary/aromatic N) is 5. The molecule has 3 heterocycles. The molecule has 0 bridgehead atoms. The van der Waals surface area contributed by atoms with Gasteiger partial charge in [0, 0.05) is 26.4 Å². The van der Waals surface area contributed by atoms with Gasteiger partial charge in [-0.2, -0.15) is 4.98 Å². The molecule has 0 aromatic carbocycles. The van der Waals surface area contributed by atoms with Crippen molar-refractivity contribution < 1.29 is 9.53 Å². The Morgan fingerprint density at radius 2 is 1.94 bits per heavy atom. The van der Waals surface area contributed by atoms with Crippen LogP contribution in [0.3, 0.4) is 0 Å². The number of carbonyl (C=O) groups is 1. The van der Waals surface area contributed by atoms with E-state index in [0.717, 1.165) is 29.1 Å². The van der Waals surface area contributed by atoms with Gasteiger partial charge in [0.2, 0.25) is 5.91 Å². The van der Waals surface area contributed by atoms with E-state index in [1.807, 2.05) is 18.2 Å². The first-order valence-electron chi connectivity index (χ1n) is 10.9. The van der Waals surface area contributed by atoms with Crippen LogP contribution in [0.15, 0.2) is 36.8 Å². The van der Waals surface area contributed by atoms with Gasteiger partial charge in [-0.05, 0) is 62.1 Å². The van der Waals surface area contributed by atoms with Crippen LogP contribution in [0.5, 0.6) is 6.01 Å². The van der Waals surface area contributed by atoms with Crippen LogP contribution in [-0.4, -0.2) is 39.0 Å². The van der Waals surface area contributed by atoms with Gasteiger partial charge in [-0.3, -0.25) is 4.79 Å². The molecule has 8 nitrogen and oxygen atoms in total. The van der Waals surface area contributed by atoms with Gasteiger partial charge in [-0.15, -0.1) is 0 Å². The Morgan fingerprint density at radius 3 is 2.62 bits per heavy atom. The van der Waals surface area contributed by atoms with E-state index in [4.69, 9.17) is 4.74 Å². The lowest BCUT2D eigenvalue weighted by atomic mass is 9.85. The Kier molecular flexibility index (Phi) is 5.50. The second-order valence-electron chi connectivity index (χ2n) is 8.68. The van der Waals surface area contributed by atoms with Crippen LogP contribution in [0.1, 0.15) is 45.4 Å². The minimum absolute atomic E-state index is 0.0411. The summed E-state index contributed by atoms with van der Waals surface area (Å²) in [5, 5.41) is 3.91. The number of amides is 1. The van der Waals surface area contributed by atoms with E-state index in [0.29, 0.717) is 22.4 Å². The SMILES string of the molecule is CC(=O)N(C)c1ccc(Nc2ncc(-c3ccnc(OC4CCC5(CC4)CC5)n3)s2)nc1. The number of hydrogen-bond donors (Lipinski definition) is 1. The number of rotatable bonds is 6. The standard InChI is InChI=1S/C23H26N6O2S/c1-15(30)29(2)16-3-4-20(25-13-16)28-22-26-14-19(32-22)18-7-12-24-21(27-18)31-17-5-8-23(9-6-17)10-11-23/h3-4,7,12-14,17H,5-6,8-11H2,1-2H3,(H,25,26,28). The van der Waals surface area contributed by atoms with E-state index in [1.165, 1.54) is 43.9 Å². The van der Waals surface area contributed by atoms with E-state index in [1.54, 1.807) is 30.5 Å². The summed E-state index contributed by atoms with van der Waals surface area (Å²) in [5.74, 6) is 0.615. The summed E-state index contributed by atoms with van der Waals surface area (Å²) < 4.78 is 6.10. The molecule has 0 atom stereocenters. The largest absolute Gasteiger partial charge is 0.460 e. The van der Waals surface area contributed by atoms with Crippen molar-refractivity contribution in [1.82, 2.24) is 19.9 Å². The molecular formula is C23H26N6O2S. The van der Waals surface area contributed by atoms with Crippen molar-refractivity contribution in [2.24, 2.45) is 5.41 Å². The fourth-order valence-electron chi connectivity index (χ4n) is 4.08. The predicted molar refractivity (Wildman–Crippen MR) is 124 cm³/mol. The minimum atomic E-state index is -0.0411. The zero-order valence-corrected chi connectivity index (χ0v) is 19.1. The molecule has 3 aromatic rings. The highest BCUT2D eigenvalue weighted by atomic mass is 32.1. The first-order valence-corrected chi connectivity index (χ1v) is 11.7.